The van der Waals surface area contributed by atoms with Gasteiger partial charge in [-0.25, -0.2) is 4.98 Å². The Labute approximate surface area is 155 Å². The normalized spacial score (nSPS) is 14.4. The van der Waals surface area contributed by atoms with E-state index in [1.54, 1.807) is 20.3 Å². The average Bonchev–Trinajstić information content (AvgIpc) is 3.21. The first-order chi connectivity index (χ1) is 12.7. The van der Waals surface area contributed by atoms with Crippen LogP contribution in [0.15, 0.2) is 42.5 Å². The van der Waals surface area contributed by atoms with E-state index in [-0.39, 0.29) is 11.9 Å². The van der Waals surface area contributed by atoms with Gasteiger partial charge < -0.3 is 14.4 Å². The molecule has 1 aromatic heterocycles. The number of carbonyl (C=O) groups is 1. The Morgan fingerprint density at radius 3 is 2.62 bits per heavy atom. The number of ether oxygens (including phenoxy) is 2. The van der Waals surface area contributed by atoms with E-state index in [9.17, 15) is 4.79 Å². The van der Waals surface area contributed by atoms with Crippen molar-refractivity contribution < 1.29 is 14.3 Å². The molecule has 26 heavy (non-hydrogen) atoms. The van der Waals surface area contributed by atoms with Crippen molar-refractivity contribution in [2.75, 3.05) is 14.2 Å². The van der Waals surface area contributed by atoms with Gasteiger partial charge in [0, 0.05) is 25.3 Å². The number of carbonyl (C=O) groups excluding carboxylic acids is 1. The predicted octanol–water partition coefficient (Wildman–Crippen LogP) is 3.82. The van der Waals surface area contributed by atoms with Crippen molar-refractivity contribution in [3.63, 3.8) is 0 Å². The largest absolute Gasteiger partial charge is 0.496 e. The van der Waals surface area contributed by atoms with Crippen LogP contribution < -0.4 is 4.74 Å². The van der Waals surface area contributed by atoms with E-state index in [1.165, 1.54) is 0 Å². The summed E-state index contributed by atoms with van der Waals surface area (Å²) in [5.74, 6) is 0.783. The monoisotopic (exact) mass is 354 g/mol. The summed E-state index contributed by atoms with van der Waals surface area (Å²) in [6.45, 7) is 0.931. The Bertz CT molecular complexity index is 742. The molecule has 0 unspecified atom stereocenters. The first-order valence-corrected chi connectivity index (χ1v) is 9.10. The summed E-state index contributed by atoms with van der Waals surface area (Å²) < 4.78 is 10.6. The molecule has 0 saturated heterocycles. The molecule has 5 heteroatoms. The van der Waals surface area contributed by atoms with Crippen LogP contribution in [0.1, 0.15) is 47.4 Å². The van der Waals surface area contributed by atoms with Crippen LogP contribution in [-0.2, 0) is 17.9 Å². The second-order valence-corrected chi connectivity index (χ2v) is 6.63. The molecule has 1 aliphatic carbocycles. The number of pyridine rings is 1. The predicted molar refractivity (Wildman–Crippen MR) is 100 cm³/mol. The molecule has 1 heterocycles. The molecule has 1 aliphatic rings. The van der Waals surface area contributed by atoms with Gasteiger partial charge in [0.1, 0.15) is 11.4 Å². The third kappa shape index (κ3) is 4.22. The van der Waals surface area contributed by atoms with Gasteiger partial charge in [0.15, 0.2) is 0 Å². The van der Waals surface area contributed by atoms with Gasteiger partial charge in [-0.2, -0.15) is 0 Å². The van der Waals surface area contributed by atoms with E-state index in [0.29, 0.717) is 18.8 Å². The van der Waals surface area contributed by atoms with Gasteiger partial charge >= 0.3 is 0 Å². The minimum absolute atomic E-state index is 0.0271. The fraction of sp³-hybridized carbons (Fsp3) is 0.429. The smallest absolute Gasteiger partial charge is 0.273 e. The zero-order valence-electron chi connectivity index (χ0n) is 15.5. The van der Waals surface area contributed by atoms with Crippen molar-refractivity contribution in [2.24, 2.45) is 0 Å². The van der Waals surface area contributed by atoms with Crippen molar-refractivity contribution in [3.05, 3.63) is 59.4 Å². The molecule has 1 saturated carbocycles. The van der Waals surface area contributed by atoms with E-state index in [2.05, 4.69) is 4.98 Å². The SMILES string of the molecule is COCc1cccc(C(=O)N(Cc2ccccc2OC)C2CCCC2)n1. The molecule has 1 fully saturated rings. The number of hydrogen-bond donors (Lipinski definition) is 0. The second kappa shape index (κ2) is 8.81. The molecule has 0 aliphatic heterocycles. The fourth-order valence-electron chi connectivity index (χ4n) is 3.57. The summed E-state index contributed by atoms with van der Waals surface area (Å²) in [6, 6.07) is 13.6. The first kappa shape index (κ1) is 18.4. The first-order valence-electron chi connectivity index (χ1n) is 9.10. The lowest BCUT2D eigenvalue weighted by atomic mass is 10.1. The molecular formula is C21H26N2O3. The van der Waals surface area contributed by atoms with Gasteiger partial charge in [0.25, 0.3) is 5.91 Å². The third-order valence-corrected chi connectivity index (χ3v) is 4.88. The summed E-state index contributed by atoms with van der Waals surface area (Å²) in [4.78, 5) is 19.7. The van der Waals surface area contributed by atoms with Crippen LogP contribution in [0.25, 0.3) is 0 Å². The van der Waals surface area contributed by atoms with Crippen LogP contribution >= 0.6 is 0 Å². The van der Waals surface area contributed by atoms with Gasteiger partial charge in [0.05, 0.1) is 19.4 Å². The van der Waals surface area contributed by atoms with Crippen LogP contribution in [0.5, 0.6) is 5.75 Å². The summed E-state index contributed by atoms with van der Waals surface area (Å²) in [5.41, 5.74) is 2.26. The number of benzene rings is 1. The van der Waals surface area contributed by atoms with Gasteiger partial charge in [0.2, 0.25) is 0 Å². The Balaban J connectivity index is 1.88. The molecule has 1 aromatic carbocycles. The van der Waals surface area contributed by atoms with E-state index in [1.807, 2.05) is 41.3 Å². The summed E-state index contributed by atoms with van der Waals surface area (Å²) in [7, 11) is 3.29. The third-order valence-electron chi connectivity index (χ3n) is 4.88. The topological polar surface area (TPSA) is 51.7 Å². The maximum Gasteiger partial charge on any atom is 0.273 e. The van der Waals surface area contributed by atoms with Gasteiger partial charge in [-0.1, -0.05) is 37.1 Å². The molecule has 0 atom stereocenters. The zero-order valence-corrected chi connectivity index (χ0v) is 15.5. The van der Waals surface area contributed by atoms with E-state index in [0.717, 1.165) is 42.7 Å². The van der Waals surface area contributed by atoms with Crippen LogP contribution in [0, 0.1) is 0 Å². The molecule has 138 valence electrons. The van der Waals surface area contributed by atoms with E-state index >= 15 is 0 Å². The van der Waals surface area contributed by atoms with E-state index in [4.69, 9.17) is 9.47 Å². The number of aromatic nitrogens is 1. The Morgan fingerprint density at radius 1 is 1.12 bits per heavy atom. The van der Waals surface area contributed by atoms with Crippen molar-refractivity contribution in [1.82, 2.24) is 9.88 Å². The molecule has 0 spiro atoms. The van der Waals surface area contributed by atoms with Crippen LogP contribution in [0.2, 0.25) is 0 Å². The summed E-state index contributed by atoms with van der Waals surface area (Å²) in [6.07, 6.45) is 4.41. The van der Waals surface area contributed by atoms with Crippen molar-refractivity contribution in [3.8, 4) is 5.75 Å². The minimum atomic E-state index is -0.0271. The molecule has 5 nitrogen and oxygen atoms in total. The molecule has 0 radical (unpaired) electrons. The van der Waals surface area contributed by atoms with Crippen molar-refractivity contribution >= 4 is 5.91 Å². The summed E-state index contributed by atoms with van der Waals surface area (Å²) >= 11 is 0. The zero-order chi connectivity index (χ0) is 18.4. The lowest BCUT2D eigenvalue weighted by Crippen LogP contribution is -2.38. The number of para-hydroxylation sites is 1. The Kier molecular flexibility index (Phi) is 6.23. The Hall–Kier alpha value is -2.40. The highest BCUT2D eigenvalue weighted by molar-refractivity contribution is 5.92. The number of rotatable bonds is 7. The molecule has 1 amide bonds. The lowest BCUT2D eigenvalue weighted by molar-refractivity contribution is 0.0656. The van der Waals surface area contributed by atoms with Crippen LogP contribution in [-0.4, -0.2) is 36.1 Å². The summed E-state index contributed by atoms with van der Waals surface area (Å²) in [5, 5.41) is 0. The number of amides is 1. The number of hydrogen-bond acceptors (Lipinski definition) is 4. The average molecular weight is 354 g/mol. The van der Waals surface area contributed by atoms with Crippen LogP contribution in [0.3, 0.4) is 0 Å². The lowest BCUT2D eigenvalue weighted by Gasteiger charge is -2.29. The quantitative estimate of drug-likeness (QED) is 0.758. The molecular weight excluding hydrogens is 328 g/mol. The highest BCUT2D eigenvalue weighted by atomic mass is 16.5. The van der Waals surface area contributed by atoms with Crippen molar-refractivity contribution in [1.29, 1.82) is 0 Å². The van der Waals surface area contributed by atoms with Gasteiger partial charge in [-0.3, -0.25) is 4.79 Å². The van der Waals surface area contributed by atoms with Crippen molar-refractivity contribution in [2.45, 2.75) is 44.9 Å². The number of nitrogens with zero attached hydrogens (tertiary/aromatic N) is 2. The van der Waals surface area contributed by atoms with Crippen LogP contribution in [0.4, 0.5) is 0 Å². The van der Waals surface area contributed by atoms with Gasteiger partial charge in [-0.15, -0.1) is 0 Å². The molecule has 2 aromatic rings. The Morgan fingerprint density at radius 2 is 1.88 bits per heavy atom. The fourth-order valence-corrected chi connectivity index (χ4v) is 3.57. The highest BCUT2D eigenvalue weighted by Crippen LogP contribution is 2.28. The second-order valence-electron chi connectivity index (χ2n) is 6.63. The number of methoxy groups -OCH3 is 2. The molecule has 0 N–H and O–H groups in total. The maximum absolute atomic E-state index is 13.3. The minimum Gasteiger partial charge on any atom is -0.496 e. The van der Waals surface area contributed by atoms with Gasteiger partial charge in [-0.05, 0) is 31.0 Å². The molecule has 3 rings (SSSR count). The van der Waals surface area contributed by atoms with E-state index < -0.39 is 0 Å². The molecule has 0 bridgehead atoms. The highest BCUT2D eigenvalue weighted by Gasteiger charge is 2.29. The maximum atomic E-state index is 13.3. The standard InChI is InChI=1S/C21H26N2O3/c1-25-15-17-9-7-12-19(22-17)21(24)23(18-10-4-5-11-18)14-16-8-3-6-13-20(16)26-2/h3,6-9,12-13,18H,4-5,10-11,14-15H2,1-2H3.